The van der Waals surface area contributed by atoms with Crippen LogP contribution in [0.2, 0.25) is 0 Å². The van der Waals surface area contributed by atoms with Gasteiger partial charge < -0.3 is 10.2 Å². The molecule has 0 spiro atoms. The third-order valence-corrected chi connectivity index (χ3v) is 8.62. The first-order chi connectivity index (χ1) is 18.4. The third kappa shape index (κ3) is 5.71. The number of aryl methyl sites for hydroxylation is 2. The van der Waals surface area contributed by atoms with E-state index in [0.717, 1.165) is 41.2 Å². The van der Waals surface area contributed by atoms with Crippen molar-refractivity contribution in [2.24, 2.45) is 0 Å². The average Bonchev–Trinajstić information content (AvgIpc) is 3.39. The van der Waals surface area contributed by atoms with E-state index in [1.54, 1.807) is 0 Å². The minimum absolute atomic E-state index is 0.00605. The molecule has 6 heteroatoms. The van der Waals surface area contributed by atoms with Gasteiger partial charge in [0.25, 0.3) is 11.8 Å². The molecular weight excluding hydrogens is 490 g/mol. The molecule has 1 fully saturated rings. The fourth-order valence-corrected chi connectivity index (χ4v) is 6.36. The molecule has 0 bridgehead atoms. The summed E-state index contributed by atoms with van der Waals surface area (Å²) < 4.78 is 0. The van der Waals surface area contributed by atoms with Crippen LogP contribution in [-0.4, -0.2) is 42.4 Å². The molecule has 5 nitrogen and oxygen atoms in total. The van der Waals surface area contributed by atoms with Crippen LogP contribution in [0, 0.1) is 13.8 Å². The van der Waals surface area contributed by atoms with Gasteiger partial charge in [-0.1, -0.05) is 66.7 Å². The number of hydrogen-bond donors (Lipinski definition) is 1. The largest absolute Gasteiger partial charge is 0.350 e. The Hall–Kier alpha value is -3.35. The first-order valence-electron chi connectivity index (χ1n) is 13.4. The van der Waals surface area contributed by atoms with E-state index in [0.29, 0.717) is 29.6 Å². The molecular formula is C32H35N3O2S. The van der Waals surface area contributed by atoms with Crippen LogP contribution in [0.15, 0.2) is 76.5 Å². The van der Waals surface area contributed by atoms with Crippen molar-refractivity contribution in [2.75, 3.05) is 24.5 Å². The van der Waals surface area contributed by atoms with Crippen molar-refractivity contribution in [1.29, 1.82) is 0 Å². The highest BCUT2D eigenvalue weighted by atomic mass is 32.2. The molecule has 0 aliphatic carbocycles. The van der Waals surface area contributed by atoms with Crippen LogP contribution in [-0.2, 0) is 11.3 Å². The predicted octanol–water partition coefficient (Wildman–Crippen LogP) is 6.20. The number of carbonyl (C=O) groups excluding carboxylic acids is 2. The number of rotatable bonds is 7. The lowest BCUT2D eigenvalue weighted by Gasteiger charge is -2.31. The Kier molecular flexibility index (Phi) is 8.01. The zero-order valence-corrected chi connectivity index (χ0v) is 23.2. The van der Waals surface area contributed by atoms with E-state index in [-0.39, 0.29) is 11.8 Å². The second kappa shape index (κ2) is 11.6. The van der Waals surface area contributed by atoms with Crippen LogP contribution < -0.4 is 10.2 Å². The van der Waals surface area contributed by atoms with E-state index in [1.807, 2.05) is 53.4 Å². The Morgan fingerprint density at radius 2 is 1.87 bits per heavy atom. The van der Waals surface area contributed by atoms with Gasteiger partial charge in [-0.2, -0.15) is 0 Å². The van der Waals surface area contributed by atoms with Gasteiger partial charge in [-0.05, 0) is 86.8 Å². The van der Waals surface area contributed by atoms with E-state index in [2.05, 4.69) is 55.3 Å². The van der Waals surface area contributed by atoms with Crippen LogP contribution in [0.4, 0.5) is 5.69 Å². The van der Waals surface area contributed by atoms with Gasteiger partial charge in [-0.15, -0.1) is 0 Å². The van der Waals surface area contributed by atoms with Crippen molar-refractivity contribution in [3.8, 4) is 0 Å². The van der Waals surface area contributed by atoms with Crippen LogP contribution in [0.25, 0.3) is 6.08 Å². The first-order valence-corrected chi connectivity index (χ1v) is 14.2. The maximum Gasteiger partial charge on any atom is 0.265 e. The minimum Gasteiger partial charge on any atom is -0.350 e. The number of thioether (sulfide) groups is 1. The lowest BCUT2D eigenvalue weighted by molar-refractivity contribution is -0.114. The summed E-state index contributed by atoms with van der Waals surface area (Å²) >= 11 is 1.50. The minimum atomic E-state index is -0.0519. The summed E-state index contributed by atoms with van der Waals surface area (Å²) in [4.78, 5) is 32.5. The van der Waals surface area contributed by atoms with Gasteiger partial charge in [0, 0.05) is 23.0 Å². The Bertz CT molecular complexity index is 1370. The van der Waals surface area contributed by atoms with E-state index in [1.165, 1.54) is 29.3 Å². The highest BCUT2D eigenvalue weighted by Crippen LogP contribution is 2.42. The van der Waals surface area contributed by atoms with Gasteiger partial charge in [0.2, 0.25) is 0 Å². The van der Waals surface area contributed by atoms with E-state index < -0.39 is 0 Å². The van der Waals surface area contributed by atoms with E-state index in [9.17, 15) is 9.59 Å². The summed E-state index contributed by atoms with van der Waals surface area (Å²) in [6.45, 7) is 9.68. The monoisotopic (exact) mass is 525 g/mol. The van der Waals surface area contributed by atoms with Crippen LogP contribution >= 0.6 is 11.8 Å². The van der Waals surface area contributed by atoms with Crippen molar-refractivity contribution in [2.45, 2.75) is 51.1 Å². The highest BCUT2D eigenvalue weighted by molar-refractivity contribution is 8.04. The molecule has 0 aromatic heterocycles. The zero-order valence-electron chi connectivity index (χ0n) is 22.4. The second-order valence-corrected chi connectivity index (χ2v) is 11.2. The van der Waals surface area contributed by atoms with Crippen LogP contribution in [0.1, 0.15) is 52.4 Å². The standard InChI is InChI=1S/C32H35N3O2S/c1-4-34-17-7-8-27(34)20-33-31(36)25-15-13-24(14-16-25)19-30-32(37)35(28-9-5-6-10-29(28)38-30)21-26-18-22(2)11-12-23(26)3/h5-6,9-16,18-19,27H,4,7-8,17,20-21H2,1-3H3,(H,33,36)/b30-19-. The lowest BCUT2D eigenvalue weighted by Crippen LogP contribution is -2.40. The fraction of sp³-hybridized carbons (Fsp3) is 0.312. The van der Waals surface area contributed by atoms with E-state index in [4.69, 9.17) is 0 Å². The number of amides is 2. The van der Waals surface area contributed by atoms with Gasteiger partial charge in [-0.25, -0.2) is 0 Å². The van der Waals surface area contributed by atoms with Gasteiger partial charge in [0.05, 0.1) is 17.1 Å². The Morgan fingerprint density at radius 3 is 2.66 bits per heavy atom. The van der Waals surface area contributed by atoms with Gasteiger partial charge in [0.15, 0.2) is 0 Å². The molecule has 2 aliphatic heterocycles. The topological polar surface area (TPSA) is 52.7 Å². The molecule has 2 amide bonds. The molecule has 0 saturated carbocycles. The molecule has 1 unspecified atom stereocenters. The molecule has 2 heterocycles. The lowest BCUT2D eigenvalue weighted by atomic mass is 10.0. The number of carbonyl (C=O) groups is 2. The van der Waals surface area contributed by atoms with Crippen molar-refractivity contribution in [3.63, 3.8) is 0 Å². The van der Waals surface area contributed by atoms with Gasteiger partial charge >= 0.3 is 0 Å². The molecule has 1 atom stereocenters. The number of fused-ring (bicyclic) bond motifs is 1. The molecule has 38 heavy (non-hydrogen) atoms. The van der Waals surface area contributed by atoms with Crippen molar-refractivity contribution >= 4 is 35.3 Å². The zero-order chi connectivity index (χ0) is 26.6. The molecule has 1 N–H and O–H groups in total. The molecule has 3 aromatic rings. The normalized spacial score (nSPS) is 18.6. The summed E-state index contributed by atoms with van der Waals surface area (Å²) in [7, 11) is 0. The number of anilines is 1. The maximum atomic E-state index is 13.7. The third-order valence-electron chi connectivity index (χ3n) is 7.54. The number of hydrogen-bond acceptors (Lipinski definition) is 4. The number of likely N-dealkylation sites (N-methyl/N-ethyl adjacent to an activating group) is 1. The molecule has 0 radical (unpaired) electrons. The van der Waals surface area contributed by atoms with Crippen molar-refractivity contribution < 1.29 is 9.59 Å². The number of benzene rings is 3. The summed E-state index contributed by atoms with van der Waals surface area (Å²) in [5.41, 5.74) is 5.98. The predicted molar refractivity (Wildman–Crippen MR) is 156 cm³/mol. The number of nitrogens with one attached hydrogen (secondary N) is 1. The van der Waals surface area contributed by atoms with Crippen molar-refractivity contribution in [3.05, 3.63) is 99.5 Å². The Morgan fingerprint density at radius 1 is 1.08 bits per heavy atom. The molecule has 3 aromatic carbocycles. The Balaban J connectivity index is 1.33. The summed E-state index contributed by atoms with van der Waals surface area (Å²) in [6.07, 6.45) is 4.26. The smallest absolute Gasteiger partial charge is 0.265 e. The first kappa shape index (κ1) is 26.3. The molecule has 2 aliphatic rings. The number of likely N-dealkylation sites (tertiary alicyclic amines) is 1. The van der Waals surface area contributed by atoms with Crippen LogP contribution in [0.3, 0.4) is 0 Å². The fourth-order valence-electron chi connectivity index (χ4n) is 5.30. The SMILES string of the molecule is CCN1CCCC1CNC(=O)c1ccc(/C=C2\Sc3ccccc3N(Cc3cc(C)ccc3C)C2=O)cc1. The second-order valence-electron chi connectivity index (χ2n) is 10.2. The van der Waals surface area contributed by atoms with Gasteiger partial charge in [0.1, 0.15) is 0 Å². The maximum absolute atomic E-state index is 13.7. The molecule has 5 rings (SSSR count). The number of nitrogens with zero attached hydrogens (tertiary/aromatic N) is 2. The Labute approximate surface area is 229 Å². The molecule has 1 saturated heterocycles. The quantitative estimate of drug-likeness (QED) is 0.373. The van der Waals surface area contributed by atoms with Crippen LogP contribution in [0.5, 0.6) is 0 Å². The molecule has 196 valence electrons. The highest BCUT2D eigenvalue weighted by Gasteiger charge is 2.29. The summed E-state index contributed by atoms with van der Waals surface area (Å²) in [5.74, 6) is -0.0580. The number of para-hydroxylation sites is 1. The summed E-state index contributed by atoms with van der Waals surface area (Å²) in [5, 5.41) is 3.10. The average molecular weight is 526 g/mol. The summed E-state index contributed by atoms with van der Waals surface area (Å²) in [6, 6.07) is 22.4. The van der Waals surface area contributed by atoms with E-state index >= 15 is 0 Å². The van der Waals surface area contributed by atoms with Crippen molar-refractivity contribution in [1.82, 2.24) is 10.2 Å². The van der Waals surface area contributed by atoms with Gasteiger partial charge in [-0.3, -0.25) is 14.5 Å².